The summed E-state index contributed by atoms with van der Waals surface area (Å²) in [6, 6.07) is 8.44. The third-order valence-corrected chi connectivity index (χ3v) is 7.33. The van der Waals surface area contributed by atoms with E-state index in [2.05, 4.69) is 22.9 Å². The number of carboxylic acids is 1. The van der Waals surface area contributed by atoms with Gasteiger partial charge in [0.1, 0.15) is 11.7 Å². The van der Waals surface area contributed by atoms with Gasteiger partial charge in [0, 0.05) is 31.7 Å². The number of rotatable bonds is 8. The topological polar surface area (TPSA) is 103 Å². The Morgan fingerprint density at radius 2 is 2.03 bits per heavy atom. The van der Waals surface area contributed by atoms with Crippen LogP contribution in [-0.4, -0.2) is 75.8 Å². The van der Waals surface area contributed by atoms with E-state index < -0.39 is 5.97 Å². The summed E-state index contributed by atoms with van der Waals surface area (Å²) in [4.78, 5) is 33.3. The molecule has 1 aromatic heterocycles. The van der Waals surface area contributed by atoms with Crippen LogP contribution in [0.4, 0.5) is 0 Å². The second kappa shape index (κ2) is 11.9. The van der Waals surface area contributed by atoms with Crippen LogP contribution in [0.5, 0.6) is 5.88 Å². The number of carboxylic acid groups (broad SMARTS) is 1. The smallest absolute Gasteiger partial charge is 0.335 e. The molecule has 0 spiro atoms. The van der Waals surface area contributed by atoms with E-state index in [4.69, 9.17) is 9.84 Å². The Morgan fingerprint density at radius 3 is 2.68 bits per heavy atom. The molecule has 0 saturated heterocycles. The molecule has 4 rings (SSSR count). The summed E-state index contributed by atoms with van der Waals surface area (Å²) in [7, 11) is 1.99. The van der Waals surface area contributed by atoms with Gasteiger partial charge < -0.3 is 19.8 Å². The lowest BCUT2D eigenvalue weighted by Crippen LogP contribution is -2.49. The van der Waals surface area contributed by atoms with Crippen molar-refractivity contribution in [2.75, 3.05) is 26.7 Å². The van der Waals surface area contributed by atoms with Gasteiger partial charge in [0.2, 0.25) is 5.88 Å². The van der Waals surface area contributed by atoms with E-state index in [1.165, 1.54) is 12.0 Å². The predicted molar refractivity (Wildman–Crippen MR) is 142 cm³/mol. The Kier molecular flexibility index (Phi) is 8.61. The third kappa shape index (κ3) is 6.37. The number of carbonyl (C=O) groups excluding carboxylic acids is 1. The fourth-order valence-electron chi connectivity index (χ4n) is 5.03. The van der Waals surface area contributed by atoms with Crippen LogP contribution in [0.1, 0.15) is 71.4 Å². The number of aromatic nitrogens is 1. The number of hydrogen-bond donors (Lipinski definition) is 2. The third-order valence-electron chi connectivity index (χ3n) is 7.33. The summed E-state index contributed by atoms with van der Waals surface area (Å²) in [5, 5.41) is 19.0. The Labute approximate surface area is 218 Å². The van der Waals surface area contributed by atoms with Gasteiger partial charge in [-0.1, -0.05) is 25.1 Å². The SMILES string of the molecule is C[C@@H]1CN([C@@H](C)CO)C(=O)c2cc(C3=CCCCC3)cnc2O[C@@H]1CN(C)Cc1ccc(C(=O)O)cc1. The summed E-state index contributed by atoms with van der Waals surface area (Å²) < 4.78 is 6.42. The second-order valence-electron chi connectivity index (χ2n) is 10.4. The molecule has 2 heterocycles. The molecule has 2 aromatic rings. The Hall–Kier alpha value is -3.23. The van der Waals surface area contributed by atoms with E-state index in [0.717, 1.165) is 30.4 Å². The number of carbonyl (C=O) groups is 2. The van der Waals surface area contributed by atoms with Crippen molar-refractivity contribution in [3.8, 4) is 5.88 Å². The monoisotopic (exact) mass is 507 g/mol. The normalized spacial score (nSPS) is 20.9. The van der Waals surface area contributed by atoms with Gasteiger partial charge in [-0.25, -0.2) is 9.78 Å². The van der Waals surface area contributed by atoms with Crippen molar-refractivity contribution in [1.82, 2.24) is 14.8 Å². The maximum absolute atomic E-state index is 13.6. The van der Waals surface area contributed by atoms with E-state index in [1.54, 1.807) is 23.2 Å². The number of ether oxygens (including phenoxy) is 1. The molecule has 1 amide bonds. The lowest BCUT2D eigenvalue weighted by Gasteiger charge is -2.37. The molecule has 198 valence electrons. The number of aliphatic hydroxyl groups excluding tert-OH is 1. The number of amides is 1. The van der Waals surface area contributed by atoms with Crippen LogP contribution < -0.4 is 4.74 Å². The fourth-order valence-corrected chi connectivity index (χ4v) is 5.03. The molecule has 37 heavy (non-hydrogen) atoms. The van der Waals surface area contributed by atoms with Gasteiger partial charge in [0.15, 0.2) is 0 Å². The number of aliphatic hydroxyl groups is 1. The Bertz CT molecular complexity index is 1150. The minimum absolute atomic E-state index is 0.00883. The molecule has 8 nitrogen and oxygen atoms in total. The summed E-state index contributed by atoms with van der Waals surface area (Å²) >= 11 is 0. The number of hydrogen-bond acceptors (Lipinski definition) is 6. The van der Waals surface area contributed by atoms with Crippen LogP contribution in [0.25, 0.3) is 5.57 Å². The number of pyridine rings is 1. The molecule has 1 aliphatic carbocycles. The van der Waals surface area contributed by atoms with Gasteiger partial charge in [0.25, 0.3) is 5.91 Å². The van der Waals surface area contributed by atoms with Crippen molar-refractivity contribution >= 4 is 17.4 Å². The highest BCUT2D eigenvalue weighted by molar-refractivity contribution is 5.97. The van der Waals surface area contributed by atoms with Gasteiger partial charge in [-0.05, 0) is 74.6 Å². The molecule has 2 aliphatic rings. The molecule has 2 N–H and O–H groups in total. The molecule has 3 atom stereocenters. The van der Waals surface area contributed by atoms with Crippen LogP contribution in [0.2, 0.25) is 0 Å². The summed E-state index contributed by atoms with van der Waals surface area (Å²) in [5.41, 5.74) is 3.88. The minimum Gasteiger partial charge on any atom is -0.478 e. The highest BCUT2D eigenvalue weighted by Gasteiger charge is 2.34. The largest absolute Gasteiger partial charge is 0.478 e. The molecular formula is C29H37N3O5. The van der Waals surface area contributed by atoms with Crippen LogP contribution in [-0.2, 0) is 6.54 Å². The molecule has 0 unspecified atom stereocenters. The zero-order chi connectivity index (χ0) is 26.5. The number of aromatic carboxylic acids is 1. The van der Waals surface area contributed by atoms with Crippen molar-refractivity contribution in [3.63, 3.8) is 0 Å². The number of allylic oxidation sites excluding steroid dienone is 2. The summed E-state index contributed by atoms with van der Waals surface area (Å²) in [6.45, 7) is 5.45. The van der Waals surface area contributed by atoms with E-state index in [1.807, 2.05) is 32.2 Å². The molecule has 8 heteroatoms. The highest BCUT2D eigenvalue weighted by atomic mass is 16.5. The first-order chi connectivity index (χ1) is 17.8. The predicted octanol–water partition coefficient (Wildman–Crippen LogP) is 4.09. The van der Waals surface area contributed by atoms with Crippen LogP contribution in [0, 0.1) is 5.92 Å². The van der Waals surface area contributed by atoms with E-state index in [-0.39, 0.29) is 36.1 Å². The van der Waals surface area contributed by atoms with Gasteiger partial charge in [-0.15, -0.1) is 0 Å². The molecule has 0 saturated carbocycles. The lowest BCUT2D eigenvalue weighted by atomic mass is 9.93. The maximum atomic E-state index is 13.6. The Balaban J connectivity index is 1.59. The number of nitrogens with zero attached hydrogens (tertiary/aromatic N) is 3. The lowest BCUT2D eigenvalue weighted by molar-refractivity contribution is 0.0325. The van der Waals surface area contributed by atoms with Crippen LogP contribution in [0.3, 0.4) is 0 Å². The highest BCUT2D eigenvalue weighted by Crippen LogP contribution is 2.32. The average Bonchev–Trinajstić information content (AvgIpc) is 2.90. The average molecular weight is 508 g/mol. The van der Waals surface area contributed by atoms with Gasteiger partial charge in [0.05, 0.1) is 18.2 Å². The fraction of sp³-hybridized carbons (Fsp3) is 0.483. The molecule has 0 bridgehead atoms. The van der Waals surface area contributed by atoms with Gasteiger partial charge in [-0.2, -0.15) is 0 Å². The Morgan fingerprint density at radius 1 is 1.27 bits per heavy atom. The quantitative estimate of drug-likeness (QED) is 0.555. The molecule has 1 aliphatic heterocycles. The zero-order valence-corrected chi connectivity index (χ0v) is 21.9. The number of benzene rings is 1. The summed E-state index contributed by atoms with van der Waals surface area (Å²) in [6.07, 6.45) is 8.13. The van der Waals surface area contributed by atoms with Gasteiger partial charge in [-0.3, -0.25) is 9.69 Å². The van der Waals surface area contributed by atoms with Crippen molar-refractivity contribution in [2.24, 2.45) is 5.92 Å². The molecule has 1 aromatic carbocycles. The first kappa shape index (κ1) is 26.8. The number of fused-ring (bicyclic) bond motifs is 1. The zero-order valence-electron chi connectivity index (χ0n) is 21.9. The molecular weight excluding hydrogens is 470 g/mol. The standard InChI is InChI=1S/C29H37N3O5/c1-19-15-32(20(2)18-33)28(34)25-13-24(22-7-5-4-6-8-22)14-30-27(25)37-26(19)17-31(3)16-21-9-11-23(12-10-21)29(35)36/h7,9-14,19-20,26,33H,4-6,8,15-18H2,1-3H3,(H,35,36)/t19-,20+,26-/m1/s1. The maximum Gasteiger partial charge on any atom is 0.335 e. The van der Waals surface area contributed by atoms with Crippen LogP contribution in [0.15, 0.2) is 42.6 Å². The summed E-state index contributed by atoms with van der Waals surface area (Å²) in [5.74, 6) is -0.789. The van der Waals surface area contributed by atoms with Crippen molar-refractivity contribution in [3.05, 3.63) is 64.9 Å². The van der Waals surface area contributed by atoms with Crippen molar-refractivity contribution in [1.29, 1.82) is 0 Å². The van der Waals surface area contributed by atoms with Crippen molar-refractivity contribution < 1.29 is 24.5 Å². The first-order valence-corrected chi connectivity index (χ1v) is 13.1. The number of likely N-dealkylation sites (N-methyl/N-ethyl adjacent to an activating group) is 1. The molecule has 0 fully saturated rings. The van der Waals surface area contributed by atoms with Gasteiger partial charge >= 0.3 is 5.97 Å². The molecule has 0 radical (unpaired) electrons. The van der Waals surface area contributed by atoms with E-state index in [0.29, 0.717) is 31.1 Å². The van der Waals surface area contributed by atoms with Crippen LogP contribution >= 0.6 is 0 Å². The second-order valence-corrected chi connectivity index (χ2v) is 10.4. The minimum atomic E-state index is -0.943. The first-order valence-electron chi connectivity index (χ1n) is 13.1. The van der Waals surface area contributed by atoms with E-state index >= 15 is 0 Å². The van der Waals surface area contributed by atoms with Crippen molar-refractivity contribution in [2.45, 2.75) is 58.2 Å². The van der Waals surface area contributed by atoms with E-state index in [9.17, 15) is 14.7 Å².